The molecule has 3 rings (SSSR count). The van der Waals surface area contributed by atoms with Gasteiger partial charge in [0.2, 0.25) is 15.9 Å². The molecule has 0 aliphatic carbocycles. The summed E-state index contributed by atoms with van der Waals surface area (Å²) in [5.41, 5.74) is 2.93. The van der Waals surface area contributed by atoms with Gasteiger partial charge in [0.25, 0.3) is 0 Å². The number of carbonyl (C=O) groups excluding carboxylic acids is 1. The number of carbonyl (C=O) groups is 1. The van der Waals surface area contributed by atoms with Crippen molar-refractivity contribution in [3.05, 3.63) is 100 Å². The van der Waals surface area contributed by atoms with Gasteiger partial charge >= 0.3 is 0 Å². The molecule has 5 nitrogen and oxygen atoms in total. The molecule has 1 atom stereocenters. The zero-order valence-corrected chi connectivity index (χ0v) is 20.6. The first kappa shape index (κ1) is 24.2. The molecule has 1 amide bonds. The maximum atomic E-state index is 13.3. The van der Waals surface area contributed by atoms with E-state index in [0.717, 1.165) is 21.2 Å². The number of nitrogens with zero attached hydrogens (tertiary/aromatic N) is 1. The van der Waals surface area contributed by atoms with Crippen LogP contribution in [0.1, 0.15) is 29.7 Å². The summed E-state index contributed by atoms with van der Waals surface area (Å²) in [5, 5.41) is 2.92. The summed E-state index contributed by atoms with van der Waals surface area (Å²) >= 11 is 3.40. The highest BCUT2D eigenvalue weighted by molar-refractivity contribution is 9.10. The van der Waals surface area contributed by atoms with E-state index >= 15 is 0 Å². The number of amides is 1. The molecule has 0 saturated heterocycles. The number of sulfonamides is 1. The van der Waals surface area contributed by atoms with Gasteiger partial charge in [0.05, 0.1) is 17.5 Å². The third-order valence-electron chi connectivity index (χ3n) is 5.22. The zero-order valence-electron chi connectivity index (χ0n) is 18.2. The summed E-state index contributed by atoms with van der Waals surface area (Å²) in [7, 11) is -3.82. The molecule has 1 N–H and O–H groups in total. The Morgan fingerprint density at radius 3 is 2.22 bits per heavy atom. The topological polar surface area (TPSA) is 66.5 Å². The third-order valence-corrected chi connectivity index (χ3v) is 7.61. The molecule has 0 spiro atoms. The number of rotatable bonds is 9. The Labute approximate surface area is 198 Å². The maximum absolute atomic E-state index is 13.3. The molecule has 0 aliphatic heterocycles. The van der Waals surface area contributed by atoms with Crippen molar-refractivity contribution in [2.45, 2.75) is 31.2 Å². The van der Waals surface area contributed by atoms with E-state index in [1.54, 1.807) is 24.3 Å². The van der Waals surface area contributed by atoms with Gasteiger partial charge in [0.1, 0.15) is 0 Å². The Morgan fingerprint density at radius 2 is 1.59 bits per heavy atom. The van der Waals surface area contributed by atoms with E-state index in [0.29, 0.717) is 6.42 Å². The summed E-state index contributed by atoms with van der Waals surface area (Å²) < 4.78 is 28.9. The van der Waals surface area contributed by atoms with Gasteiger partial charge < -0.3 is 5.32 Å². The lowest BCUT2D eigenvalue weighted by Crippen LogP contribution is -2.42. The van der Waals surface area contributed by atoms with Crippen molar-refractivity contribution in [2.75, 3.05) is 13.1 Å². The quantitative estimate of drug-likeness (QED) is 0.442. The Morgan fingerprint density at radius 1 is 0.969 bits per heavy atom. The average Bonchev–Trinajstić information content (AvgIpc) is 2.78. The molecular weight excluding hydrogens is 488 g/mol. The molecule has 0 aliphatic rings. The first-order chi connectivity index (χ1) is 15.3. The van der Waals surface area contributed by atoms with Crippen LogP contribution in [0.15, 0.2) is 88.2 Å². The molecule has 3 aromatic carbocycles. The van der Waals surface area contributed by atoms with Crippen molar-refractivity contribution >= 4 is 31.9 Å². The van der Waals surface area contributed by atoms with Gasteiger partial charge in [0.15, 0.2) is 0 Å². The lowest BCUT2D eigenvalue weighted by atomic mass is 10.1. The highest BCUT2D eigenvalue weighted by atomic mass is 79.9. The molecule has 3 aromatic rings. The molecule has 0 saturated carbocycles. The fraction of sp³-hybridized carbons (Fsp3) is 0.240. The van der Waals surface area contributed by atoms with Crippen LogP contribution in [0.3, 0.4) is 0 Å². The van der Waals surface area contributed by atoms with Crippen LogP contribution in [-0.2, 0) is 21.2 Å². The predicted octanol–water partition coefficient (Wildman–Crippen LogP) is 4.87. The first-order valence-corrected chi connectivity index (χ1v) is 12.6. The van der Waals surface area contributed by atoms with Crippen molar-refractivity contribution in [1.29, 1.82) is 0 Å². The Balaban J connectivity index is 1.77. The van der Waals surface area contributed by atoms with E-state index in [-0.39, 0.29) is 29.9 Å². The molecule has 32 heavy (non-hydrogen) atoms. The number of hydrogen-bond donors (Lipinski definition) is 1. The van der Waals surface area contributed by atoms with Crippen LogP contribution in [0.5, 0.6) is 0 Å². The van der Waals surface area contributed by atoms with Crippen LogP contribution in [0.2, 0.25) is 0 Å². The van der Waals surface area contributed by atoms with E-state index in [1.165, 1.54) is 4.31 Å². The molecule has 168 valence electrons. The fourth-order valence-corrected chi connectivity index (χ4v) is 4.99. The van der Waals surface area contributed by atoms with Gasteiger partial charge in [-0.2, -0.15) is 4.31 Å². The minimum absolute atomic E-state index is 0.185. The molecule has 0 aromatic heterocycles. The van der Waals surface area contributed by atoms with E-state index < -0.39 is 10.0 Å². The molecule has 0 radical (unpaired) electrons. The second-order valence-corrected chi connectivity index (χ2v) is 10.6. The van der Waals surface area contributed by atoms with Crippen LogP contribution in [-0.4, -0.2) is 31.7 Å². The third kappa shape index (κ3) is 6.51. The largest absolute Gasteiger partial charge is 0.348 e. The van der Waals surface area contributed by atoms with Gasteiger partial charge in [-0.25, -0.2) is 8.42 Å². The summed E-state index contributed by atoms with van der Waals surface area (Å²) in [5.74, 6) is -0.343. The maximum Gasteiger partial charge on any atom is 0.243 e. The lowest BCUT2D eigenvalue weighted by Gasteiger charge is -2.23. The summed E-state index contributed by atoms with van der Waals surface area (Å²) in [6.45, 7) is 3.74. The number of hydrogen-bond acceptors (Lipinski definition) is 3. The number of nitrogens with one attached hydrogen (secondary N) is 1. The van der Waals surface area contributed by atoms with Crippen molar-refractivity contribution in [3.63, 3.8) is 0 Å². The fourth-order valence-electron chi connectivity index (χ4n) is 3.32. The van der Waals surface area contributed by atoms with Crippen LogP contribution in [0, 0.1) is 6.92 Å². The number of aryl methyl sites for hydroxylation is 1. The SMILES string of the molecule is Cc1ccc(S(=O)(=O)N(CCc2ccccc2)CC(=O)N[C@H](C)c2ccc(Br)cc2)cc1. The van der Waals surface area contributed by atoms with Crippen molar-refractivity contribution in [2.24, 2.45) is 0 Å². The van der Waals surface area contributed by atoms with Gasteiger partial charge in [0, 0.05) is 11.0 Å². The average molecular weight is 515 g/mol. The zero-order chi connectivity index (χ0) is 23.1. The van der Waals surface area contributed by atoms with E-state index in [2.05, 4.69) is 21.2 Å². The molecule has 0 heterocycles. The van der Waals surface area contributed by atoms with Gasteiger partial charge in [-0.15, -0.1) is 0 Å². The molecule has 0 fully saturated rings. The van der Waals surface area contributed by atoms with Gasteiger partial charge in [-0.1, -0.05) is 76.1 Å². The predicted molar refractivity (Wildman–Crippen MR) is 131 cm³/mol. The molecule has 0 unspecified atom stereocenters. The van der Waals surface area contributed by atoms with Gasteiger partial charge in [-0.3, -0.25) is 4.79 Å². The van der Waals surface area contributed by atoms with E-state index in [9.17, 15) is 13.2 Å². The minimum Gasteiger partial charge on any atom is -0.348 e. The molecular formula is C25H27BrN2O3S. The van der Waals surface area contributed by atoms with E-state index in [4.69, 9.17) is 0 Å². The molecule has 0 bridgehead atoms. The first-order valence-electron chi connectivity index (χ1n) is 10.4. The standard InChI is InChI=1S/C25H27BrN2O3S/c1-19-8-14-24(15-9-19)32(30,31)28(17-16-21-6-4-3-5-7-21)18-25(29)27-20(2)22-10-12-23(26)13-11-22/h3-15,20H,16-18H2,1-2H3,(H,27,29)/t20-/m1/s1. The highest BCUT2D eigenvalue weighted by Crippen LogP contribution is 2.19. The van der Waals surface area contributed by atoms with E-state index in [1.807, 2.05) is 68.4 Å². The summed E-state index contributed by atoms with van der Waals surface area (Å²) in [6.07, 6.45) is 0.515. The van der Waals surface area contributed by atoms with Crippen molar-refractivity contribution in [1.82, 2.24) is 9.62 Å². The lowest BCUT2D eigenvalue weighted by molar-refractivity contribution is -0.121. The Kier molecular flexibility index (Phi) is 8.23. The van der Waals surface area contributed by atoms with Crippen LogP contribution in [0.25, 0.3) is 0 Å². The Hall–Kier alpha value is -2.48. The van der Waals surface area contributed by atoms with Gasteiger partial charge in [-0.05, 0) is 55.7 Å². The van der Waals surface area contributed by atoms with Crippen molar-refractivity contribution < 1.29 is 13.2 Å². The normalized spacial score (nSPS) is 12.5. The summed E-state index contributed by atoms with van der Waals surface area (Å²) in [6, 6.07) is 23.8. The van der Waals surface area contributed by atoms with Crippen LogP contribution >= 0.6 is 15.9 Å². The smallest absolute Gasteiger partial charge is 0.243 e. The molecule has 7 heteroatoms. The van der Waals surface area contributed by atoms with Crippen molar-refractivity contribution in [3.8, 4) is 0 Å². The second-order valence-electron chi connectivity index (χ2n) is 7.73. The van der Waals surface area contributed by atoms with Crippen LogP contribution < -0.4 is 5.32 Å². The summed E-state index contributed by atoms with van der Waals surface area (Å²) in [4.78, 5) is 13.0. The second kappa shape index (κ2) is 10.9. The highest BCUT2D eigenvalue weighted by Gasteiger charge is 2.27. The Bertz CT molecular complexity index is 1130. The van der Waals surface area contributed by atoms with Crippen LogP contribution in [0.4, 0.5) is 0 Å². The monoisotopic (exact) mass is 514 g/mol. The number of benzene rings is 3. The minimum atomic E-state index is -3.82. The number of halogens is 1.